The smallest absolute Gasteiger partial charge is 0.317 e. The SMILES string of the molecule is Cc1[nH]c2ccccc2c1CCNC(=O)N(C)CCC(=O)O. The summed E-state index contributed by atoms with van der Waals surface area (Å²) < 4.78 is 0. The van der Waals surface area contributed by atoms with Crippen LogP contribution in [0.15, 0.2) is 24.3 Å². The summed E-state index contributed by atoms with van der Waals surface area (Å²) in [6.45, 7) is 2.74. The number of benzene rings is 1. The summed E-state index contributed by atoms with van der Waals surface area (Å²) in [5.41, 5.74) is 3.40. The van der Waals surface area contributed by atoms with E-state index < -0.39 is 5.97 Å². The number of carbonyl (C=O) groups is 2. The zero-order valence-corrected chi connectivity index (χ0v) is 12.8. The van der Waals surface area contributed by atoms with Gasteiger partial charge in [0.15, 0.2) is 0 Å². The normalized spacial score (nSPS) is 10.6. The van der Waals surface area contributed by atoms with Gasteiger partial charge >= 0.3 is 12.0 Å². The lowest BCUT2D eigenvalue weighted by atomic mass is 10.1. The number of nitrogens with zero attached hydrogens (tertiary/aromatic N) is 1. The van der Waals surface area contributed by atoms with Gasteiger partial charge in [-0.25, -0.2) is 4.79 Å². The molecule has 0 bridgehead atoms. The lowest BCUT2D eigenvalue weighted by Gasteiger charge is -2.16. The molecule has 0 aliphatic rings. The molecule has 0 atom stereocenters. The minimum atomic E-state index is -0.908. The molecule has 1 heterocycles. The van der Waals surface area contributed by atoms with Crippen molar-refractivity contribution in [2.75, 3.05) is 20.1 Å². The number of amides is 2. The molecular formula is C16H21N3O3. The molecule has 0 aliphatic carbocycles. The van der Waals surface area contributed by atoms with Crippen molar-refractivity contribution >= 4 is 22.9 Å². The maximum atomic E-state index is 11.8. The van der Waals surface area contributed by atoms with Crippen LogP contribution in [-0.2, 0) is 11.2 Å². The molecule has 6 heteroatoms. The van der Waals surface area contributed by atoms with Crippen molar-refractivity contribution in [3.05, 3.63) is 35.5 Å². The summed E-state index contributed by atoms with van der Waals surface area (Å²) in [6.07, 6.45) is 0.680. The Morgan fingerprint density at radius 3 is 2.77 bits per heavy atom. The minimum absolute atomic E-state index is 0.0501. The van der Waals surface area contributed by atoms with Crippen LogP contribution < -0.4 is 5.32 Å². The van der Waals surface area contributed by atoms with Crippen molar-refractivity contribution in [1.82, 2.24) is 15.2 Å². The first kappa shape index (κ1) is 15.9. The molecule has 0 fully saturated rings. The molecule has 6 nitrogen and oxygen atoms in total. The number of H-pyrrole nitrogens is 1. The van der Waals surface area contributed by atoms with Gasteiger partial charge in [0, 0.05) is 36.7 Å². The Hall–Kier alpha value is -2.50. The third-order valence-corrected chi connectivity index (χ3v) is 3.69. The topological polar surface area (TPSA) is 85.4 Å². The summed E-state index contributed by atoms with van der Waals surface area (Å²) >= 11 is 0. The number of carbonyl (C=O) groups excluding carboxylic acids is 1. The highest BCUT2D eigenvalue weighted by molar-refractivity contribution is 5.84. The van der Waals surface area contributed by atoms with Crippen LogP contribution in [0.2, 0.25) is 0 Å². The maximum Gasteiger partial charge on any atom is 0.317 e. The van der Waals surface area contributed by atoms with E-state index in [1.54, 1.807) is 7.05 Å². The van der Waals surface area contributed by atoms with Crippen LogP contribution in [0.1, 0.15) is 17.7 Å². The third-order valence-electron chi connectivity index (χ3n) is 3.69. The van der Waals surface area contributed by atoms with E-state index in [0.717, 1.165) is 17.6 Å². The average molecular weight is 303 g/mol. The summed E-state index contributed by atoms with van der Waals surface area (Å²) in [6, 6.07) is 7.83. The molecule has 0 unspecified atom stereocenters. The standard InChI is InChI=1S/C16H21N3O3/c1-11-12(13-5-3-4-6-14(13)18-11)7-9-17-16(22)19(2)10-8-15(20)21/h3-6,18H,7-10H2,1-2H3,(H,17,22)(H,20,21). The number of fused-ring (bicyclic) bond motifs is 1. The Balaban J connectivity index is 1.89. The highest BCUT2D eigenvalue weighted by Gasteiger charge is 2.11. The van der Waals surface area contributed by atoms with Gasteiger partial charge in [-0.05, 0) is 25.0 Å². The zero-order valence-electron chi connectivity index (χ0n) is 12.8. The van der Waals surface area contributed by atoms with E-state index in [0.29, 0.717) is 6.54 Å². The molecule has 1 aromatic carbocycles. The molecular weight excluding hydrogens is 282 g/mol. The lowest BCUT2D eigenvalue weighted by Crippen LogP contribution is -2.39. The number of rotatable bonds is 6. The second kappa shape index (κ2) is 6.98. The Labute approximate surface area is 129 Å². The Bertz CT molecular complexity index is 678. The van der Waals surface area contributed by atoms with Gasteiger partial charge in [-0.15, -0.1) is 0 Å². The predicted molar refractivity (Wildman–Crippen MR) is 85.0 cm³/mol. The minimum Gasteiger partial charge on any atom is -0.481 e. The van der Waals surface area contributed by atoms with Gasteiger partial charge in [0.2, 0.25) is 0 Å². The number of urea groups is 1. The van der Waals surface area contributed by atoms with E-state index in [9.17, 15) is 9.59 Å². The fourth-order valence-corrected chi connectivity index (χ4v) is 2.45. The number of hydrogen-bond acceptors (Lipinski definition) is 2. The Morgan fingerprint density at radius 1 is 1.32 bits per heavy atom. The van der Waals surface area contributed by atoms with Crippen molar-refractivity contribution in [2.24, 2.45) is 0 Å². The molecule has 0 aliphatic heterocycles. The first-order valence-corrected chi connectivity index (χ1v) is 7.26. The van der Waals surface area contributed by atoms with E-state index in [2.05, 4.69) is 16.4 Å². The average Bonchev–Trinajstić information content (AvgIpc) is 2.80. The molecule has 3 N–H and O–H groups in total. The second-order valence-corrected chi connectivity index (χ2v) is 5.32. The molecule has 0 radical (unpaired) electrons. The number of hydrogen-bond donors (Lipinski definition) is 3. The Morgan fingerprint density at radius 2 is 2.05 bits per heavy atom. The number of carboxylic acid groups (broad SMARTS) is 1. The van der Waals surface area contributed by atoms with Gasteiger partial charge in [-0.3, -0.25) is 4.79 Å². The van der Waals surface area contributed by atoms with Crippen molar-refractivity contribution in [3.8, 4) is 0 Å². The fourth-order valence-electron chi connectivity index (χ4n) is 2.45. The Kier molecular flexibility index (Phi) is 5.04. The van der Waals surface area contributed by atoms with Crippen LogP contribution in [0.3, 0.4) is 0 Å². The van der Waals surface area contributed by atoms with E-state index in [1.165, 1.54) is 15.8 Å². The molecule has 0 saturated heterocycles. The number of nitrogens with one attached hydrogen (secondary N) is 2. The van der Waals surface area contributed by atoms with Gasteiger partial charge in [0.1, 0.15) is 0 Å². The van der Waals surface area contributed by atoms with Crippen LogP contribution in [0.4, 0.5) is 4.79 Å². The van der Waals surface area contributed by atoms with Crippen LogP contribution in [0.25, 0.3) is 10.9 Å². The number of carboxylic acids is 1. The van der Waals surface area contributed by atoms with Crippen LogP contribution in [-0.4, -0.2) is 47.1 Å². The summed E-state index contributed by atoms with van der Waals surface area (Å²) in [4.78, 5) is 27.1. The van der Waals surface area contributed by atoms with Gasteiger partial charge in [0.05, 0.1) is 6.42 Å². The van der Waals surface area contributed by atoms with Crippen molar-refractivity contribution in [3.63, 3.8) is 0 Å². The first-order valence-electron chi connectivity index (χ1n) is 7.26. The van der Waals surface area contributed by atoms with E-state index >= 15 is 0 Å². The summed E-state index contributed by atoms with van der Waals surface area (Å²) in [5, 5.41) is 12.6. The summed E-state index contributed by atoms with van der Waals surface area (Å²) in [7, 11) is 1.59. The van der Waals surface area contributed by atoms with Gasteiger partial charge in [-0.1, -0.05) is 18.2 Å². The van der Waals surface area contributed by atoms with Crippen LogP contribution in [0, 0.1) is 6.92 Å². The lowest BCUT2D eigenvalue weighted by molar-refractivity contribution is -0.137. The number of aromatic nitrogens is 1. The van der Waals surface area contributed by atoms with Gasteiger partial charge < -0.3 is 20.3 Å². The summed E-state index contributed by atoms with van der Waals surface area (Å²) in [5.74, 6) is -0.908. The van der Waals surface area contributed by atoms with E-state index in [4.69, 9.17) is 5.11 Å². The molecule has 2 rings (SSSR count). The molecule has 2 amide bonds. The maximum absolute atomic E-state index is 11.8. The van der Waals surface area contributed by atoms with Gasteiger partial charge in [0.25, 0.3) is 0 Å². The molecule has 0 spiro atoms. The fraction of sp³-hybridized carbons (Fsp3) is 0.375. The monoisotopic (exact) mass is 303 g/mol. The number of aliphatic carboxylic acids is 1. The molecule has 118 valence electrons. The largest absolute Gasteiger partial charge is 0.481 e. The third kappa shape index (κ3) is 3.78. The highest BCUT2D eigenvalue weighted by Crippen LogP contribution is 2.21. The van der Waals surface area contributed by atoms with Crippen molar-refractivity contribution in [1.29, 1.82) is 0 Å². The van der Waals surface area contributed by atoms with Crippen LogP contribution >= 0.6 is 0 Å². The van der Waals surface area contributed by atoms with E-state index in [1.807, 2.05) is 25.1 Å². The van der Waals surface area contributed by atoms with Crippen LogP contribution in [0.5, 0.6) is 0 Å². The predicted octanol–water partition coefficient (Wildman–Crippen LogP) is 2.13. The molecule has 1 aromatic heterocycles. The van der Waals surface area contributed by atoms with Gasteiger partial charge in [-0.2, -0.15) is 0 Å². The number of para-hydroxylation sites is 1. The highest BCUT2D eigenvalue weighted by atomic mass is 16.4. The molecule has 2 aromatic rings. The number of aryl methyl sites for hydroxylation is 1. The zero-order chi connectivity index (χ0) is 16.1. The first-order chi connectivity index (χ1) is 10.5. The second-order valence-electron chi connectivity index (χ2n) is 5.32. The van der Waals surface area contributed by atoms with Crippen molar-refractivity contribution < 1.29 is 14.7 Å². The molecule has 22 heavy (non-hydrogen) atoms. The number of aromatic amines is 1. The van der Waals surface area contributed by atoms with E-state index in [-0.39, 0.29) is 19.0 Å². The molecule has 0 saturated carbocycles. The van der Waals surface area contributed by atoms with Crippen molar-refractivity contribution in [2.45, 2.75) is 19.8 Å². The quantitative estimate of drug-likeness (QED) is 0.764.